The Morgan fingerprint density at radius 3 is 1.01 bits per heavy atom. The molecule has 0 spiro atoms. The van der Waals surface area contributed by atoms with E-state index >= 15 is 0 Å². The van der Waals surface area contributed by atoms with Crippen molar-refractivity contribution in [2.24, 2.45) is 0 Å². The number of likely N-dealkylation sites (N-methyl/N-ethyl adjacent to an activating group) is 1. The number of unbranched alkanes of at least 4 members (excludes halogenated alkanes) is 33. The molecule has 0 rings (SSSR count). The third-order valence-electron chi connectivity index (χ3n) is 15.3. The van der Waals surface area contributed by atoms with E-state index in [2.05, 4.69) is 123 Å². The molecule has 2 atom stereocenters. The summed E-state index contributed by atoms with van der Waals surface area (Å²) in [5.74, 6) is -0.844. The van der Waals surface area contributed by atoms with Crippen molar-refractivity contribution in [1.29, 1.82) is 0 Å². The molecule has 0 saturated heterocycles. The summed E-state index contributed by atoms with van der Waals surface area (Å²) in [7, 11) is 1.44. The van der Waals surface area contributed by atoms with Crippen LogP contribution in [0.15, 0.2) is 109 Å². The van der Waals surface area contributed by atoms with Crippen LogP contribution in [0.5, 0.6) is 0 Å². The maximum Gasteiger partial charge on any atom is 0.472 e. The van der Waals surface area contributed by atoms with E-state index in [-0.39, 0.29) is 32.0 Å². The van der Waals surface area contributed by atoms with Gasteiger partial charge in [-0.25, -0.2) is 4.57 Å². The van der Waals surface area contributed by atoms with Crippen molar-refractivity contribution >= 4 is 19.8 Å². The summed E-state index contributed by atoms with van der Waals surface area (Å²) in [5, 5.41) is 0. The van der Waals surface area contributed by atoms with Gasteiger partial charge in [-0.2, -0.15) is 0 Å². The Bertz CT molecular complexity index is 1820. The topological polar surface area (TPSA) is 108 Å². The highest BCUT2D eigenvalue weighted by molar-refractivity contribution is 7.47. The first kappa shape index (κ1) is 82.7. The zero-order valence-corrected chi connectivity index (χ0v) is 57.4. The molecule has 0 saturated carbocycles. The Morgan fingerprint density at radius 2 is 0.663 bits per heavy atom. The van der Waals surface area contributed by atoms with Crippen LogP contribution in [0.25, 0.3) is 0 Å². The van der Waals surface area contributed by atoms with E-state index in [1.54, 1.807) is 0 Å². The van der Waals surface area contributed by atoms with E-state index in [1.165, 1.54) is 193 Å². The molecule has 0 fully saturated rings. The third kappa shape index (κ3) is 69.8. The average Bonchev–Trinajstić information content (AvgIpc) is 3.67. The molecule has 0 aliphatic heterocycles. The monoisotopic (exact) mass is 1220 g/mol. The van der Waals surface area contributed by atoms with Gasteiger partial charge in [-0.1, -0.05) is 303 Å². The molecular weight excluding hydrogens is 1090 g/mol. The number of carbonyl (C=O) groups is 2. The summed E-state index contributed by atoms with van der Waals surface area (Å²) in [4.78, 5) is 35.8. The van der Waals surface area contributed by atoms with Crippen LogP contribution in [0.3, 0.4) is 0 Å². The molecule has 0 bridgehead atoms. The highest BCUT2D eigenvalue weighted by Gasteiger charge is 2.27. The van der Waals surface area contributed by atoms with Crippen molar-refractivity contribution in [3.05, 3.63) is 109 Å². The molecule has 1 N–H and O–H groups in total. The number of quaternary nitrogens is 1. The largest absolute Gasteiger partial charge is 0.472 e. The minimum Gasteiger partial charge on any atom is -0.462 e. The molecule has 0 aliphatic carbocycles. The smallest absolute Gasteiger partial charge is 0.462 e. The van der Waals surface area contributed by atoms with Gasteiger partial charge in [0, 0.05) is 12.8 Å². The van der Waals surface area contributed by atoms with Crippen LogP contribution in [-0.2, 0) is 32.7 Å². The molecule has 2 unspecified atom stereocenters. The molecule has 0 radical (unpaired) electrons. The predicted octanol–water partition coefficient (Wildman–Crippen LogP) is 23.3. The number of hydrogen-bond donors (Lipinski definition) is 1. The summed E-state index contributed by atoms with van der Waals surface area (Å²) in [6, 6.07) is 0. The van der Waals surface area contributed by atoms with Crippen molar-refractivity contribution in [3.8, 4) is 0 Å². The van der Waals surface area contributed by atoms with Gasteiger partial charge in [-0.3, -0.25) is 18.6 Å². The number of nitrogens with zero attached hydrogens (tertiary/aromatic N) is 1. The van der Waals surface area contributed by atoms with Crippen LogP contribution in [0.1, 0.15) is 309 Å². The Labute approximate surface area is 531 Å². The maximum absolute atomic E-state index is 12.8. The van der Waals surface area contributed by atoms with Gasteiger partial charge in [0.2, 0.25) is 0 Å². The summed E-state index contributed by atoms with van der Waals surface area (Å²) in [5.41, 5.74) is 0. The van der Waals surface area contributed by atoms with Gasteiger partial charge in [0.05, 0.1) is 27.7 Å². The van der Waals surface area contributed by atoms with Crippen molar-refractivity contribution in [2.75, 3.05) is 47.5 Å². The Morgan fingerprint density at radius 1 is 0.372 bits per heavy atom. The van der Waals surface area contributed by atoms with Gasteiger partial charge in [0.25, 0.3) is 0 Å². The fraction of sp³-hybridized carbons (Fsp3) is 0.737. The molecule has 0 aromatic heterocycles. The lowest BCUT2D eigenvalue weighted by Crippen LogP contribution is -2.37. The first-order chi connectivity index (χ1) is 42.0. The number of hydrogen-bond acceptors (Lipinski definition) is 7. The van der Waals surface area contributed by atoms with Gasteiger partial charge in [0.15, 0.2) is 6.10 Å². The highest BCUT2D eigenvalue weighted by atomic mass is 31.2. The summed E-state index contributed by atoms with van der Waals surface area (Å²) >= 11 is 0. The highest BCUT2D eigenvalue weighted by Crippen LogP contribution is 2.43. The van der Waals surface area contributed by atoms with Crippen LogP contribution in [0.4, 0.5) is 0 Å². The van der Waals surface area contributed by atoms with Crippen molar-refractivity contribution in [1.82, 2.24) is 0 Å². The lowest BCUT2D eigenvalue weighted by Gasteiger charge is -2.24. The molecule has 0 amide bonds. The van der Waals surface area contributed by atoms with Gasteiger partial charge in [-0.15, -0.1) is 0 Å². The second-order valence-electron chi connectivity index (χ2n) is 24.9. The van der Waals surface area contributed by atoms with E-state index in [9.17, 15) is 19.0 Å². The maximum atomic E-state index is 12.8. The fourth-order valence-corrected chi connectivity index (χ4v) is 10.6. The van der Waals surface area contributed by atoms with Gasteiger partial charge in [0.1, 0.15) is 19.8 Å². The molecule has 496 valence electrons. The summed E-state index contributed by atoms with van der Waals surface area (Å²) < 4.78 is 34.6. The first-order valence-electron chi connectivity index (χ1n) is 35.6. The zero-order valence-electron chi connectivity index (χ0n) is 56.5. The van der Waals surface area contributed by atoms with Crippen LogP contribution in [0, 0.1) is 0 Å². The third-order valence-corrected chi connectivity index (χ3v) is 16.3. The molecule has 10 heteroatoms. The number of phosphoric ester groups is 1. The van der Waals surface area contributed by atoms with E-state index in [0.29, 0.717) is 17.4 Å². The number of allylic oxidation sites excluding steroid dienone is 18. The standard InChI is InChI=1S/C76H134NO8P/c1-6-8-10-12-14-16-18-20-22-24-26-28-29-30-31-32-33-34-35-36-37-38-39-40-41-42-43-44-45-46-47-49-50-52-54-56-58-60-62-64-66-68-75(78)82-72-74(73-84-86(80,81)83-71-70-77(3,4)5)85-76(79)69-67-65-63-61-59-57-55-53-51-48-27-25-23-21-19-17-15-13-11-9-7-2/h9,11,15,17-18,20-21,23-24,26-27,29-30,48,53,55,59,61,74H,6-8,10,12-14,16,19,22,25,28,31-47,49-52,54,56-58,60,62-73H2,1-5H3/p+1/b11-9-,17-15-,20-18-,23-21-,26-24-,30-29-,48-27-,55-53-,61-59-. The molecule has 0 aromatic carbocycles. The van der Waals surface area contributed by atoms with Crippen molar-refractivity contribution in [3.63, 3.8) is 0 Å². The SMILES string of the molecule is CC/C=C\C/C=C\C/C=C\C/C=C\C/C=C\C/C=C\CCCCC(=O)OC(COC(=O)CCCCCCCCCCCCCCCCCCCCCCCCCCCC/C=C\C/C=C\C/C=C\CCCCCCC)COP(=O)(O)OCC[N+](C)(C)C. The Balaban J connectivity index is 3.96. The van der Waals surface area contributed by atoms with Crippen LogP contribution in [0.2, 0.25) is 0 Å². The van der Waals surface area contributed by atoms with Crippen molar-refractivity contribution in [2.45, 2.75) is 315 Å². The number of phosphoric acid groups is 1. The van der Waals surface area contributed by atoms with Gasteiger partial charge >= 0.3 is 19.8 Å². The molecule has 0 aliphatic rings. The molecule has 0 heterocycles. The lowest BCUT2D eigenvalue weighted by molar-refractivity contribution is -0.870. The van der Waals surface area contributed by atoms with E-state index in [1.807, 2.05) is 21.1 Å². The minimum atomic E-state index is -4.41. The number of ether oxygens (including phenoxy) is 2. The second kappa shape index (κ2) is 66.1. The van der Waals surface area contributed by atoms with Crippen LogP contribution < -0.4 is 0 Å². The normalized spacial score (nSPS) is 13.8. The summed E-state index contributed by atoms with van der Waals surface area (Å²) in [6.45, 7) is 4.27. The Kier molecular flexibility index (Phi) is 63.5. The number of carbonyl (C=O) groups excluding carboxylic acids is 2. The quantitative estimate of drug-likeness (QED) is 0.0211. The van der Waals surface area contributed by atoms with Gasteiger partial charge in [-0.05, 0) is 103 Å². The predicted molar refractivity (Wildman–Crippen MR) is 371 cm³/mol. The fourth-order valence-electron chi connectivity index (χ4n) is 9.85. The first-order valence-corrected chi connectivity index (χ1v) is 37.1. The van der Waals surface area contributed by atoms with Crippen molar-refractivity contribution < 1.29 is 42.1 Å². The Hall–Kier alpha value is -3.33. The number of rotatable bonds is 65. The molecule has 9 nitrogen and oxygen atoms in total. The van der Waals surface area contributed by atoms with Gasteiger partial charge < -0.3 is 18.9 Å². The second-order valence-corrected chi connectivity index (χ2v) is 26.3. The average molecular weight is 1220 g/mol. The van der Waals surface area contributed by atoms with Crippen LogP contribution in [-0.4, -0.2) is 74.9 Å². The molecular formula is C76H135NO8P+. The zero-order chi connectivity index (χ0) is 62.6. The van der Waals surface area contributed by atoms with Crippen LogP contribution >= 0.6 is 7.82 Å². The molecule has 0 aromatic rings. The van der Waals surface area contributed by atoms with E-state index in [0.717, 1.165) is 83.5 Å². The number of esters is 2. The van der Waals surface area contributed by atoms with E-state index < -0.39 is 26.5 Å². The van der Waals surface area contributed by atoms with E-state index in [4.69, 9.17) is 18.5 Å². The minimum absolute atomic E-state index is 0.0194. The summed E-state index contributed by atoms with van der Waals surface area (Å²) in [6.07, 6.45) is 93.7. The lowest BCUT2D eigenvalue weighted by atomic mass is 10.0. The molecule has 86 heavy (non-hydrogen) atoms.